The van der Waals surface area contributed by atoms with Crippen LogP contribution in [0, 0.1) is 11.3 Å². The topological polar surface area (TPSA) is 306 Å². The van der Waals surface area contributed by atoms with Crippen molar-refractivity contribution in [2.75, 3.05) is 13.2 Å². The maximum atomic E-state index is 12.8. The number of ether oxygens (including phenoxy) is 5. The van der Waals surface area contributed by atoms with Crippen molar-refractivity contribution in [3.05, 3.63) is 102 Å². The first kappa shape index (κ1) is 42.7. The minimum atomic E-state index is -2.65. The summed E-state index contributed by atoms with van der Waals surface area (Å²) in [6.07, 6.45) is 0.0559. The van der Waals surface area contributed by atoms with E-state index in [2.05, 4.69) is 15.0 Å². The molecule has 334 valence electrons. The van der Waals surface area contributed by atoms with Crippen LogP contribution in [0.5, 0.6) is 34.5 Å². The molecule has 4 heterocycles. The summed E-state index contributed by atoms with van der Waals surface area (Å²) in [6.45, 7) is -0.569. The first-order chi connectivity index (χ1) is 30.6. The summed E-state index contributed by atoms with van der Waals surface area (Å²) in [5, 5.41) is 109. The van der Waals surface area contributed by atoms with Crippen LogP contribution in [0.3, 0.4) is 0 Å². The Morgan fingerprint density at radius 1 is 1.03 bits per heavy atom. The zero-order valence-electron chi connectivity index (χ0n) is 33.8. The Morgan fingerprint density at radius 3 is 2.45 bits per heavy atom. The fourth-order valence-electron chi connectivity index (χ4n) is 9.15. The highest BCUT2D eigenvalue weighted by Gasteiger charge is 2.70. The van der Waals surface area contributed by atoms with Crippen molar-refractivity contribution in [3.8, 4) is 34.5 Å². The first-order valence-electron chi connectivity index (χ1n) is 20.4. The van der Waals surface area contributed by atoms with Crippen LogP contribution in [-0.2, 0) is 15.1 Å². The molecule has 64 heavy (non-hydrogen) atoms. The molecule has 1 unspecified atom stereocenters. The van der Waals surface area contributed by atoms with Crippen molar-refractivity contribution < 1.29 is 74.4 Å². The third kappa shape index (κ3) is 7.15. The van der Waals surface area contributed by atoms with Gasteiger partial charge in [-0.25, -0.2) is 14.8 Å². The quantitative estimate of drug-likeness (QED) is 0.110. The molecule has 0 spiro atoms. The first-order valence-corrected chi connectivity index (χ1v) is 20.4. The largest absolute Gasteiger partial charge is 0.508 e. The van der Waals surface area contributed by atoms with Crippen LogP contribution in [0.1, 0.15) is 48.5 Å². The van der Waals surface area contributed by atoms with Gasteiger partial charge in [0.1, 0.15) is 70.3 Å². The normalized spacial score (nSPS) is 29.5. The van der Waals surface area contributed by atoms with Crippen LogP contribution < -0.4 is 18.9 Å². The lowest BCUT2D eigenvalue weighted by atomic mass is 9.64. The van der Waals surface area contributed by atoms with E-state index in [0.29, 0.717) is 36.8 Å². The summed E-state index contributed by atoms with van der Waals surface area (Å²) in [7, 11) is 0. The van der Waals surface area contributed by atoms with Crippen molar-refractivity contribution in [2.24, 2.45) is 20.9 Å². The highest BCUT2D eigenvalue weighted by molar-refractivity contribution is 6.15. The number of rotatable bonds is 13. The van der Waals surface area contributed by atoms with Gasteiger partial charge in [0.2, 0.25) is 12.0 Å². The van der Waals surface area contributed by atoms with E-state index in [1.807, 2.05) is 0 Å². The third-order valence-electron chi connectivity index (χ3n) is 12.4. The van der Waals surface area contributed by atoms with Gasteiger partial charge in [-0.2, -0.15) is 0 Å². The number of carboxylic acid groups (broad SMARTS) is 1. The molecular formula is C45H44N4O15. The summed E-state index contributed by atoms with van der Waals surface area (Å²) in [6, 6.07) is 13.9. The van der Waals surface area contributed by atoms with Crippen LogP contribution in [0.2, 0.25) is 0 Å². The summed E-state index contributed by atoms with van der Waals surface area (Å²) in [5.74, 6) is -4.79. The van der Waals surface area contributed by atoms with Crippen LogP contribution >= 0.6 is 0 Å². The van der Waals surface area contributed by atoms with Crippen LogP contribution in [-0.4, -0.2) is 131 Å². The number of hydrogen-bond donors (Lipinski definition) is 10. The number of carbonyl (C=O) groups is 1. The van der Waals surface area contributed by atoms with Crippen molar-refractivity contribution in [1.29, 1.82) is 5.41 Å². The third-order valence-corrected chi connectivity index (χ3v) is 12.4. The second-order valence-corrected chi connectivity index (χ2v) is 16.4. The standard InChI is InChI=1S/C45H44N4O15/c46-34-11-10-27(49-34)36(53)33(20-50)60-25-8-6-22(7-9-25)30-17-29(52)35-31(61-30)18-32(38(37(35)54)64-43(13-1-2-14-43)23-4-3-5-24(51)16-23)62-42-44(58)15-12-26(28-19-47-21-48-28)45(59,41(44)57)39(63-42)40(55)56/h3-12,15-18,21,26,30,33,36,39,41-42,46,50-54,57-59H,1-2,13-14,19-20H2,(H,55,56)/t26-,30?,33-,36+,39+,41-,42+,44+,45+/m0/s1. The number of aromatic hydroxyl groups is 2. The number of aliphatic carboxylic acids is 1. The Kier molecular flexibility index (Phi) is 10.8. The number of aliphatic hydroxyl groups excluding tert-OH is 4. The van der Waals surface area contributed by atoms with E-state index in [-0.39, 0.29) is 58.1 Å². The predicted molar refractivity (Wildman–Crippen MR) is 225 cm³/mol. The number of phenolic OH excluding ortho intramolecular Hbond substituents is 2. The van der Waals surface area contributed by atoms with Gasteiger partial charge < -0.3 is 69.6 Å². The number of aliphatic imine (C=N–C) groups is 3. The van der Waals surface area contributed by atoms with E-state index in [9.17, 15) is 50.8 Å². The zero-order chi connectivity index (χ0) is 45.1. The lowest BCUT2D eigenvalue weighted by Crippen LogP contribution is -2.78. The average Bonchev–Trinajstić information content (AvgIpc) is 4.08. The Labute approximate surface area is 364 Å². The molecule has 2 bridgehead atoms. The molecule has 2 fully saturated rings. The molecule has 0 amide bonds. The van der Waals surface area contributed by atoms with Crippen molar-refractivity contribution in [1.82, 2.24) is 0 Å². The second kappa shape index (κ2) is 16.2. The molecule has 3 aromatic rings. The molecule has 2 aliphatic carbocycles. The molecule has 19 heteroatoms. The van der Waals surface area contributed by atoms with Gasteiger partial charge in [-0.3, -0.25) is 10.4 Å². The Morgan fingerprint density at radius 2 is 1.80 bits per heavy atom. The molecule has 10 N–H and O–H groups in total. The van der Waals surface area contributed by atoms with Crippen LogP contribution in [0.25, 0.3) is 5.76 Å². The maximum absolute atomic E-state index is 12.8. The van der Waals surface area contributed by atoms with Gasteiger partial charge in [-0.1, -0.05) is 30.3 Å². The number of aliphatic hydroxyl groups is 6. The Hall–Kier alpha value is -6.61. The van der Waals surface area contributed by atoms with Crippen LogP contribution in [0.15, 0.2) is 100.0 Å². The number of nitrogens with zero attached hydrogens (tertiary/aromatic N) is 3. The van der Waals surface area contributed by atoms with Gasteiger partial charge in [-0.05, 0) is 79.3 Å². The monoisotopic (exact) mass is 880 g/mol. The van der Waals surface area contributed by atoms with Crippen molar-refractivity contribution in [3.63, 3.8) is 0 Å². The average molecular weight is 881 g/mol. The lowest BCUT2D eigenvalue weighted by Gasteiger charge is -2.55. The number of fused-ring (bicyclic) bond motifs is 3. The van der Waals surface area contributed by atoms with E-state index in [0.717, 1.165) is 6.08 Å². The van der Waals surface area contributed by atoms with Gasteiger partial charge in [0.05, 0.1) is 30.5 Å². The summed E-state index contributed by atoms with van der Waals surface area (Å²) in [5.41, 5.74) is -5.23. The fraction of sp³-hybridized carbons (Fsp3) is 0.356. The predicted octanol–water partition coefficient (Wildman–Crippen LogP) is 2.75. The molecule has 4 aliphatic heterocycles. The summed E-state index contributed by atoms with van der Waals surface area (Å²) < 4.78 is 31.0. The Bertz CT molecular complexity index is 2570. The van der Waals surface area contributed by atoms with Gasteiger partial charge in [0.25, 0.3) is 0 Å². The van der Waals surface area contributed by atoms with E-state index in [4.69, 9.17) is 29.1 Å². The second-order valence-electron chi connectivity index (χ2n) is 16.4. The minimum absolute atomic E-state index is 0.00134. The Balaban J connectivity index is 1.08. The number of carboxylic acids is 1. The van der Waals surface area contributed by atoms with E-state index < -0.39 is 83.6 Å². The molecule has 19 nitrogen and oxygen atoms in total. The van der Waals surface area contributed by atoms with Crippen LogP contribution in [0.4, 0.5) is 0 Å². The number of nitrogens with one attached hydrogen (secondary N) is 1. The number of amidine groups is 1. The molecule has 9 atom stereocenters. The molecule has 0 radical (unpaired) electrons. The molecular weight excluding hydrogens is 837 g/mol. The molecule has 1 saturated carbocycles. The van der Waals surface area contributed by atoms with Gasteiger partial charge >= 0.3 is 5.97 Å². The molecule has 0 aromatic heterocycles. The fourth-order valence-corrected chi connectivity index (χ4v) is 9.15. The highest BCUT2D eigenvalue weighted by atomic mass is 16.7. The zero-order valence-corrected chi connectivity index (χ0v) is 33.8. The smallest absolute Gasteiger partial charge is 0.336 e. The summed E-state index contributed by atoms with van der Waals surface area (Å²) in [4.78, 5) is 24.9. The maximum Gasteiger partial charge on any atom is 0.336 e. The van der Waals surface area contributed by atoms with E-state index >= 15 is 0 Å². The molecule has 3 aromatic carbocycles. The van der Waals surface area contributed by atoms with Gasteiger partial charge in [0.15, 0.2) is 29.3 Å². The summed E-state index contributed by atoms with van der Waals surface area (Å²) >= 11 is 0. The van der Waals surface area contributed by atoms with E-state index in [1.54, 1.807) is 24.3 Å². The number of phenols is 2. The van der Waals surface area contributed by atoms with Gasteiger partial charge in [0, 0.05) is 12.1 Å². The minimum Gasteiger partial charge on any atom is -0.508 e. The van der Waals surface area contributed by atoms with Gasteiger partial charge in [-0.15, -0.1) is 0 Å². The highest BCUT2D eigenvalue weighted by Crippen LogP contribution is 2.56. The van der Waals surface area contributed by atoms with Crippen molar-refractivity contribution >= 4 is 35.3 Å². The van der Waals surface area contributed by atoms with E-state index in [1.165, 1.54) is 61.0 Å². The molecule has 9 rings (SSSR count). The van der Waals surface area contributed by atoms with Crippen molar-refractivity contribution in [2.45, 2.75) is 79.3 Å². The lowest BCUT2D eigenvalue weighted by molar-refractivity contribution is -0.337. The number of benzene rings is 3. The molecule has 1 saturated heterocycles. The SMILES string of the molecule is N=C1C=CC([C@@H](O)[C@H](CO)Oc2ccc(C3C=C(O)c4c(cc(O[C@@H]5O[C@H](C(=O)O)[C@]6(O)[C@H](C7=NC=NC7)C=C[C@@]5(O)[C@@H]6O)c(OC5(c6cccc(O)c6)CCCC5)c4O)O3)cc2)=N1. The molecule has 6 aliphatic rings. The number of hydrogen-bond acceptors (Lipinski definition) is 17.